The smallest absolute Gasteiger partial charge is 0.351 e. The number of hydrogen-bond donors (Lipinski definition) is 0. The van der Waals surface area contributed by atoms with Gasteiger partial charge < -0.3 is 9.59 Å². The molecular formula is C36H29O3Y2-. The monoisotopic (exact) mass is 687 g/mol. The minimum atomic E-state index is 0. The molecule has 0 unspecified atom stereocenters. The third-order valence-corrected chi connectivity index (χ3v) is 6.09. The molecule has 2 aliphatic carbocycles. The van der Waals surface area contributed by atoms with E-state index in [1.165, 1.54) is 0 Å². The summed E-state index contributed by atoms with van der Waals surface area (Å²) in [5.74, 6) is 0.413. The molecule has 0 aromatic heterocycles. The Hall–Kier alpha value is -2.68. The van der Waals surface area contributed by atoms with Gasteiger partial charge in [0.1, 0.15) is 12.1 Å². The number of carbonyl (C=O) groups is 3. The molecule has 0 N–H and O–H groups in total. The Kier molecular flexibility index (Phi) is 15.7. The predicted molar refractivity (Wildman–Crippen MR) is 157 cm³/mol. The van der Waals surface area contributed by atoms with Crippen LogP contribution in [0.1, 0.15) is 47.7 Å². The zero-order valence-corrected chi connectivity index (χ0v) is 28.4. The Balaban J connectivity index is 0.000000332. The zero-order chi connectivity index (χ0) is 27.3. The first kappa shape index (κ1) is 34.5. The molecule has 2 radical (unpaired) electrons. The van der Waals surface area contributed by atoms with E-state index in [1.807, 2.05) is 115 Å². The van der Waals surface area contributed by atoms with Crippen molar-refractivity contribution in [3.8, 4) is 0 Å². The fourth-order valence-electron chi connectivity index (χ4n) is 4.08. The van der Waals surface area contributed by atoms with Crippen LogP contribution in [0.4, 0.5) is 0 Å². The number of Topliss-reactive ketones (excluding diaryl/α,β-unsaturated/α-hetero) is 2. The van der Waals surface area contributed by atoms with E-state index in [1.54, 1.807) is 12.1 Å². The molecule has 0 spiro atoms. The summed E-state index contributed by atoms with van der Waals surface area (Å²) in [5, 5.41) is 0. The maximum atomic E-state index is 12.0. The topological polar surface area (TPSA) is 51.2 Å². The van der Waals surface area contributed by atoms with Crippen molar-refractivity contribution < 1.29 is 81.2 Å². The van der Waals surface area contributed by atoms with Crippen molar-refractivity contribution >= 4 is 35.1 Å². The minimum Gasteiger partial charge on any atom is -0.351 e. The molecule has 0 bridgehead atoms. The van der Waals surface area contributed by atoms with Gasteiger partial charge in [0.05, 0.1) is 5.78 Å². The molecule has 4 aromatic carbocycles. The van der Waals surface area contributed by atoms with Gasteiger partial charge in [-0.05, 0) is 12.8 Å². The van der Waals surface area contributed by atoms with Crippen molar-refractivity contribution in [1.29, 1.82) is 0 Å². The van der Waals surface area contributed by atoms with Crippen LogP contribution in [0.3, 0.4) is 0 Å². The number of allylic oxidation sites excluding steroid dienone is 5. The standard InChI is InChI=1S/C18H13O.C11H9O.C7H6O.2Y/c19-18-13-16(15-9-5-2-6-10-15)12-17(18)11-14-7-3-1-4-8-14;12-11-7-6-10(8-11)9-4-2-1-3-5-9;8-6-7-4-2-1-3-5-7;;/h1-11H,13H2;1-5H,7-8H2;1-6H;;/q2*-1;;;/p+1/b17-11-;;;;. The average molecular weight is 687 g/mol. The molecule has 6 rings (SSSR count). The second-order valence-corrected chi connectivity index (χ2v) is 8.98. The van der Waals surface area contributed by atoms with Crippen LogP contribution in [0.25, 0.3) is 17.2 Å². The third kappa shape index (κ3) is 11.3. The molecule has 0 aliphatic heterocycles. The van der Waals surface area contributed by atoms with Crippen LogP contribution < -0.4 is 0 Å². The SMILES string of the molecule is O=C1CC(c2ccccc2)=[C-]/C1=C/c1ccccc1.O=C1C[C-]=C(c2ccccc2)C1.O=Cc1ccccc1.[H+].[Y].[Y]. The Morgan fingerprint density at radius 3 is 1.49 bits per heavy atom. The van der Waals surface area contributed by atoms with Gasteiger partial charge in [0.25, 0.3) is 0 Å². The molecule has 4 aromatic rings. The van der Waals surface area contributed by atoms with E-state index >= 15 is 0 Å². The molecule has 5 heteroatoms. The maximum Gasteiger partial charge on any atom is 1.00 e. The first-order chi connectivity index (χ1) is 19.1. The van der Waals surface area contributed by atoms with Crippen LogP contribution >= 0.6 is 0 Å². The maximum absolute atomic E-state index is 12.0. The van der Waals surface area contributed by atoms with Crippen molar-refractivity contribution in [1.82, 2.24) is 0 Å². The van der Waals surface area contributed by atoms with Crippen LogP contribution in [0, 0.1) is 12.2 Å². The summed E-state index contributed by atoms with van der Waals surface area (Å²) in [4.78, 5) is 33.0. The fourth-order valence-corrected chi connectivity index (χ4v) is 4.08. The molecule has 0 fully saturated rings. The minimum absolute atomic E-state index is 0. The summed E-state index contributed by atoms with van der Waals surface area (Å²) < 4.78 is 0. The molecule has 0 saturated carbocycles. The van der Waals surface area contributed by atoms with Gasteiger partial charge in [-0.1, -0.05) is 127 Å². The summed E-state index contributed by atoms with van der Waals surface area (Å²) >= 11 is 0. The molecule has 0 atom stereocenters. The number of ketones is 2. The number of aldehydes is 1. The molecule has 0 saturated heterocycles. The number of hydrogen-bond acceptors (Lipinski definition) is 3. The van der Waals surface area contributed by atoms with Gasteiger partial charge in [0.15, 0.2) is 0 Å². The van der Waals surface area contributed by atoms with Crippen LogP contribution in [0.5, 0.6) is 0 Å². The van der Waals surface area contributed by atoms with Crippen molar-refractivity contribution in [2.75, 3.05) is 0 Å². The number of carbonyl (C=O) groups excluding carboxylic acids is 3. The average Bonchev–Trinajstić information content (AvgIpc) is 3.61. The van der Waals surface area contributed by atoms with Crippen molar-refractivity contribution in [3.05, 3.63) is 161 Å². The van der Waals surface area contributed by atoms with Crippen molar-refractivity contribution in [3.63, 3.8) is 0 Å². The summed E-state index contributed by atoms with van der Waals surface area (Å²) in [7, 11) is 0. The van der Waals surface area contributed by atoms with E-state index in [-0.39, 0.29) is 78.4 Å². The van der Waals surface area contributed by atoms with Crippen molar-refractivity contribution in [2.24, 2.45) is 0 Å². The van der Waals surface area contributed by atoms with E-state index in [4.69, 9.17) is 0 Å². The Labute approximate surface area is 294 Å². The van der Waals surface area contributed by atoms with Crippen molar-refractivity contribution in [2.45, 2.75) is 19.3 Å². The molecule has 2 aliphatic rings. The largest absolute Gasteiger partial charge is 1.00 e. The van der Waals surface area contributed by atoms with Gasteiger partial charge in [0, 0.05) is 71.0 Å². The first-order valence-corrected chi connectivity index (χ1v) is 12.8. The third-order valence-electron chi connectivity index (χ3n) is 6.09. The van der Waals surface area contributed by atoms with E-state index in [9.17, 15) is 14.4 Å². The van der Waals surface area contributed by atoms with E-state index < -0.39 is 0 Å². The Morgan fingerprint density at radius 2 is 1.05 bits per heavy atom. The Morgan fingerprint density at radius 1 is 0.585 bits per heavy atom. The van der Waals surface area contributed by atoms with Gasteiger partial charge in [-0.15, -0.1) is 35.4 Å². The summed E-state index contributed by atoms with van der Waals surface area (Å²) in [6.07, 6.45) is 10.6. The van der Waals surface area contributed by atoms with Crippen LogP contribution in [0.15, 0.2) is 127 Å². The van der Waals surface area contributed by atoms with Crippen LogP contribution in [-0.2, 0) is 75.0 Å². The Bertz CT molecular complexity index is 1500. The van der Waals surface area contributed by atoms with Gasteiger partial charge in [-0.3, -0.25) is 10.9 Å². The molecule has 3 nitrogen and oxygen atoms in total. The van der Waals surface area contributed by atoms with E-state index in [0.717, 1.165) is 39.7 Å². The van der Waals surface area contributed by atoms with Gasteiger partial charge in [-0.2, -0.15) is 5.56 Å². The summed E-state index contributed by atoms with van der Waals surface area (Å²) in [6, 6.07) is 38.9. The summed E-state index contributed by atoms with van der Waals surface area (Å²) in [5.41, 5.74) is 6.68. The first-order valence-electron chi connectivity index (χ1n) is 12.8. The van der Waals surface area contributed by atoms with Gasteiger partial charge in [-0.25, -0.2) is 5.57 Å². The van der Waals surface area contributed by atoms with Crippen LogP contribution in [0.2, 0.25) is 0 Å². The van der Waals surface area contributed by atoms with Gasteiger partial charge >= 0.3 is 1.43 Å². The second-order valence-electron chi connectivity index (χ2n) is 8.98. The zero-order valence-electron chi connectivity index (χ0n) is 23.7. The molecular weight excluding hydrogens is 658 g/mol. The van der Waals surface area contributed by atoms with Crippen LogP contribution in [-0.4, -0.2) is 17.9 Å². The van der Waals surface area contributed by atoms with E-state index in [2.05, 4.69) is 12.2 Å². The van der Waals surface area contributed by atoms with Gasteiger partial charge in [0.2, 0.25) is 0 Å². The number of benzene rings is 4. The normalized spacial score (nSPS) is 14.2. The number of rotatable bonds is 4. The molecule has 198 valence electrons. The fraction of sp³-hybridized carbons (Fsp3) is 0.0833. The predicted octanol–water partition coefficient (Wildman–Crippen LogP) is 7.77. The molecule has 0 heterocycles. The van der Waals surface area contributed by atoms with E-state index in [0.29, 0.717) is 24.8 Å². The molecule has 0 amide bonds. The summed E-state index contributed by atoms with van der Waals surface area (Å²) in [6.45, 7) is 0. The molecule has 41 heavy (non-hydrogen) atoms. The second kappa shape index (κ2) is 18.7. The quantitative estimate of drug-likeness (QED) is 0.125.